The van der Waals surface area contributed by atoms with Crippen LogP contribution >= 0.6 is 0 Å². The van der Waals surface area contributed by atoms with Crippen LogP contribution in [0.5, 0.6) is 0 Å². The lowest BCUT2D eigenvalue weighted by Crippen LogP contribution is -1.97. The Bertz CT molecular complexity index is 314. The molecule has 2 nitrogen and oxygen atoms in total. The minimum Gasteiger partial charge on any atom is -0.395 e. The Morgan fingerprint density at radius 3 is 2.71 bits per heavy atom. The molecule has 1 saturated carbocycles. The van der Waals surface area contributed by atoms with Gasteiger partial charge in [-0.3, -0.25) is 0 Å². The average molecular weight is 189 g/mol. The van der Waals surface area contributed by atoms with Gasteiger partial charge in [0.05, 0.1) is 5.71 Å². The Hall–Kier alpha value is -1.31. The smallest absolute Gasteiger partial charge is 0.120 e. The highest BCUT2D eigenvalue weighted by Crippen LogP contribution is 2.28. The summed E-state index contributed by atoms with van der Waals surface area (Å²) in [6.07, 6.45) is 2.61. The third-order valence-electron chi connectivity index (χ3n) is 2.40. The Morgan fingerprint density at radius 1 is 1.36 bits per heavy atom. The molecule has 1 aliphatic carbocycles. The molecule has 0 amide bonds. The predicted octanol–water partition coefficient (Wildman–Crippen LogP) is 2.84. The van der Waals surface area contributed by atoms with Crippen LogP contribution in [0.3, 0.4) is 0 Å². The van der Waals surface area contributed by atoms with Gasteiger partial charge in [0.25, 0.3) is 0 Å². The molecule has 0 aromatic heterocycles. The molecule has 0 atom stereocenters. The maximum atomic E-state index is 5.26. The van der Waals surface area contributed by atoms with E-state index < -0.39 is 0 Å². The van der Waals surface area contributed by atoms with E-state index in [2.05, 4.69) is 5.16 Å². The van der Waals surface area contributed by atoms with E-state index >= 15 is 0 Å². The van der Waals surface area contributed by atoms with Gasteiger partial charge in [-0.1, -0.05) is 35.5 Å². The lowest BCUT2D eigenvalue weighted by atomic mass is 10.1. The van der Waals surface area contributed by atoms with Gasteiger partial charge in [-0.05, 0) is 31.2 Å². The Balaban J connectivity index is 1.89. The molecule has 0 saturated heterocycles. The molecule has 2 heteroatoms. The first-order chi connectivity index (χ1) is 6.86. The molecule has 1 aromatic carbocycles. The van der Waals surface area contributed by atoms with E-state index in [0.29, 0.717) is 0 Å². The summed E-state index contributed by atoms with van der Waals surface area (Å²) in [6.45, 7) is 2.76. The Kier molecular flexibility index (Phi) is 2.82. The van der Waals surface area contributed by atoms with E-state index in [4.69, 9.17) is 4.84 Å². The average Bonchev–Trinajstić information content (AvgIpc) is 3.03. The van der Waals surface area contributed by atoms with Gasteiger partial charge in [0.2, 0.25) is 0 Å². The summed E-state index contributed by atoms with van der Waals surface area (Å²) in [7, 11) is 0. The van der Waals surface area contributed by atoms with Crippen LogP contribution in [-0.2, 0) is 4.84 Å². The summed E-state index contributed by atoms with van der Waals surface area (Å²) >= 11 is 0. The first kappa shape index (κ1) is 9.25. The molecular weight excluding hydrogens is 174 g/mol. The molecule has 0 bridgehead atoms. The zero-order chi connectivity index (χ0) is 9.80. The van der Waals surface area contributed by atoms with Crippen LogP contribution in [0.1, 0.15) is 25.3 Å². The second kappa shape index (κ2) is 4.27. The van der Waals surface area contributed by atoms with Crippen molar-refractivity contribution in [2.75, 3.05) is 6.61 Å². The molecular formula is C12H15NO. The topological polar surface area (TPSA) is 21.6 Å². The zero-order valence-electron chi connectivity index (χ0n) is 8.44. The largest absolute Gasteiger partial charge is 0.395 e. The van der Waals surface area contributed by atoms with Gasteiger partial charge in [0.15, 0.2) is 0 Å². The van der Waals surface area contributed by atoms with Crippen LogP contribution in [0.2, 0.25) is 0 Å². The van der Waals surface area contributed by atoms with Crippen molar-refractivity contribution < 1.29 is 4.84 Å². The van der Waals surface area contributed by atoms with Crippen molar-refractivity contribution in [1.82, 2.24) is 0 Å². The van der Waals surface area contributed by atoms with E-state index in [-0.39, 0.29) is 0 Å². The zero-order valence-corrected chi connectivity index (χ0v) is 8.44. The van der Waals surface area contributed by atoms with Gasteiger partial charge < -0.3 is 4.84 Å². The van der Waals surface area contributed by atoms with E-state index in [0.717, 1.165) is 23.8 Å². The summed E-state index contributed by atoms with van der Waals surface area (Å²) in [6, 6.07) is 10.1. The summed E-state index contributed by atoms with van der Waals surface area (Å²) in [4.78, 5) is 5.26. The van der Waals surface area contributed by atoms with Crippen molar-refractivity contribution >= 4 is 5.71 Å². The van der Waals surface area contributed by atoms with E-state index in [1.165, 1.54) is 12.8 Å². The molecule has 1 aliphatic rings. The number of benzene rings is 1. The van der Waals surface area contributed by atoms with E-state index in [1.807, 2.05) is 37.3 Å². The van der Waals surface area contributed by atoms with Crippen LogP contribution in [0.25, 0.3) is 0 Å². The second-order valence-electron chi connectivity index (χ2n) is 3.78. The molecule has 0 radical (unpaired) electrons. The summed E-state index contributed by atoms with van der Waals surface area (Å²) in [5, 5.41) is 4.09. The van der Waals surface area contributed by atoms with Crippen LogP contribution < -0.4 is 0 Å². The lowest BCUT2D eigenvalue weighted by Gasteiger charge is -2.00. The Morgan fingerprint density at radius 2 is 2.07 bits per heavy atom. The molecule has 0 heterocycles. The highest BCUT2D eigenvalue weighted by atomic mass is 16.6. The summed E-state index contributed by atoms with van der Waals surface area (Å²) in [5.41, 5.74) is 2.08. The Labute approximate surface area is 84.6 Å². The van der Waals surface area contributed by atoms with Gasteiger partial charge >= 0.3 is 0 Å². The van der Waals surface area contributed by atoms with Crippen molar-refractivity contribution in [3.05, 3.63) is 35.9 Å². The van der Waals surface area contributed by atoms with Gasteiger partial charge in [-0.2, -0.15) is 0 Å². The molecule has 0 spiro atoms. The van der Waals surface area contributed by atoms with Crippen molar-refractivity contribution in [1.29, 1.82) is 0 Å². The molecule has 1 fully saturated rings. The third-order valence-corrected chi connectivity index (χ3v) is 2.40. The van der Waals surface area contributed by atoms with Crippen molar-refractivity contribution in [3.8, 4) is 0 Å². The van der Waals surface area contributed by atoms with Crippen LogP contribution in [0.15, 0.2) is 35.5 Å². The first-order valence-electron chi connectivity index (χ1n) is 5.08. The number of hydrogen-bond donors (Lipinski definition) is 0. The van der Waals surface area contributed by atoms with Gasteiger partial charge in [-0.25, -0.2) is 0 Å². The van der Waals surface area contributed by atoms with Crippen molar-refractivity contribution in [2.45, 2.75) is 19.8 Å². The first-order valence-corrected chi connectivity index (χ1v) is 5.08. The molecule has 2 rings (SSSR count). The SMILES string of the molecule is C/C(=N/OCC1CC1)c1ccccc1. The highest BCUT2D eigenvalue weighted by Gasteiger charge is 2.21. The standard InChI is InChI=1S/C12H15NO/c1-10(12-5-3-2-4-6-12)13-14-9-11-7-8-11/h2-6,11H,7-9H2,1H3/b13-10-. The molecule has 0 N–H and O–H groups in total. The van der Waals surface area contributed by atoms with E-state index in [9.17, 15) is 0 Å². The van der Waals surface area contributed by atoms with Gasteiger partial charge in [-0.15, -0.1) is 0 Å². The fourth-order valence-electron chi connectivity index (χ4n) is 1.26. The van der Waals surface area contributed by atoms with Crippen LogP contribution in [-0.4, -0.2) is 12.3 Å². The van der Waals surface area contributed by atoms with Crippen molar-refractivity contribution in [2.24, 2.45) is 11.1 Å². The fourth-order valence-corrected chi connectivity index (χ4v) is 1.26. The fraction of sp³-hybridized carbons (Fsp3) is 0.417. The third kappa shape index (κ3) is 2.59. The maximum Gasteiger partial charge on any atom is 0.120 e. The normalized spacial score (nSPS) is 16.8. The minimum absolute atomic E-state index is 0.766. The molecule has 1 aromatic rings. The minimum atomic E-state index is 0.766. The second-order valence-corrected chi connectivity index (χ2v) is 3.78. The highest BCUT2D eigenvalue weighted by molar-refractivity contribution is 5.98. The molecule has 14 heavy (non-hydrogen) atoms. The van der Waals surface area contributed by atoms with E-state index in [1.54, 1.807) is 0 Å². The van der Waals surface area contributed by atoms with Crippen LogP contribution in [0, 0.1) is 5.92 Å². The predicted molar refractivity (Wildman–Crippen MR) is 57.3 cm³/mol. The molecule has 0 aliphatic heterocycles. The van der Waals surface area contributed by atoms with Crippen molar-refractivity contribution in [3.63, 3.8) is 0 Å². The lowest BCUT2D eigenvalue weighted by molar-refractivity contribution is 0.134. The number of nitrogens with zero attached hydrogens (tertiary/aromatic N) is 1. The monoisotopic (exact) mass is 189 g/mol. The number of rotatable bonds is 4. The molecule has 0 unspecified atom stereocenters. The van der Waals surface area contributed by atoms with Crippen LogP contribution in [0.4, 0.5) is 0 Å². The summed E-state index contributed by atoms with van der Waals surface area (Å²) < 4.78 is 0. The van der Waals surface area contributed by atoms with Gasteiger partial charge in [0.1, 0.15) is 6.61 Å². The maximum absolute atomic E-state index is 5.26. The quantitative estimate of drug-likeness (QED) is 0.527. The number of oxime groups is 1. The van der Waals surface area contributed by atoms with Gasteiger partial charge in [0, 0.05) is 0 Å². The summed E-state index contributed by atoms with van der Waals surface area (Å²) in [5.74, 6) is 0.766. The number of hydrogen-bond acceptors (Lipinski definition) is 2. The molecule has 74 valence electrons.